The van der Waals surface area contributed by atoms with E-state index in [1.54, 1.807) is 18.2 Å². The zero-order chi connectivity index (χ0) is 21.3. The number of hydrogen-bond donors (Lipinski definition) is 0. The molecule has 0 saturated heterocycles. The summed E-state index contributed by atoms with van der Waals surface area (Å²) in [7, 11) is -2.71. The van der Waals surface area contributed by atoms with Gasteiger partial charge in [0.25, 0.3) is 0 Å². The molecule has 3 aromatic carbocycles. The first-order valence-corrected chi connectivity index (χ1v) is 11.1. The van der Waals surface area contributed by atoms with E-state index >= 15 is 0 Å². The Balaban J connectivity index is 2.10. The van der Waals surface area contributed by atoms with Gasteiger partial charge in [-0.15, -0.1) is 0 Å². The third-order valence-electron chi connectivity index (χ3n) is 3.96. The molecule has 0 heterocycles. The zero-order valence-electron chi connectivity index (χ0n) is 14.3. The van der Waals surface area contributed by atoms with Gasteiger partial charge < -0.3 is 0 Å². The van der Waals surface area contributed by atoms with Crippen molar-refractivity contribution in [2.24, 2.45) is 0 Å². The Kier molecular flexibility index (Phi) is 7.01. The third-order valence-corrected chi connectivity index (χ3v) is 6.83. The lowest BCUT2D eigenvalue weighted by Gasteiger charge is -2.07. The van der Waals surface area contributed by atoms with Crippen molar-refractivity contribution >= 4 is 82.4 Å². The van der Waals surface area contributed by atoms with Gasteiger partial charge in [0.1, 0.15) is 5.56 Å². The molecule has 0 spiro atoms. The van der Waals surface area contributed by atoms with Gasteiger partial charge in [0.15, 0.2) is 0 Å². The fourth-order valence-corrected chi connectivity index (χ4v) is 5.62. The van der Waals surface area contributed by atoms with Crippen LogP contribution in [0.4, 0.5) is 0 Å². The van der Waals surface area contributed by atoms with Crippen molar-refractivity contribution in [1.29, 1.82) is 0 Å². The Bertz CT molecular complexity index is 1130. The Labute approximate surface area is 192 Å². The predicted molar refractivity (Wildman–Crippen MR) is 119 cm³/mol. The molecule has 0 amide bonds. The van der Waals surface area contributed by atoms with Crippen LogP contribution in [0.5, 0.6) is 0 Å². The first-order chi connectivity index (χ1) is 13.7. The lowest BCUT2D eigenvalue weighted by Crippen LogP contribution is -2.16. The summed E-state index contributed by atoms with van der Waals surface area (Å²) in [6.45, 7) is 0. The van der Waals surface area contributed by atoms with E-state index in [4.69, 9.17) is 58.0 Å². The van der Waals surface area contributed by atoms with Gasteiger partial charge in [-0.25, -0.2) is 4.79 Å². The summed E-state index contributed by atoms with van der Waals surface area (Å²) >= 11 is 30.3. The van der Waals surface area contributed by atoms with Gasteiger partial charge in [0, 0.05) is 5.02 Å². The van der Waals surface area contributed by atoms with E-state index in [-0.39, 0.29) is 47.1 Å². The predicted octanol–water partition coefficient (Wildman–Crippen LogP) is 7.48. The highest BCUT2D eigenvalue weighted by atomic mass is 35.5. The van der Waals surface area contributed by atoms with Crippen LogP contribution in [0.1, 0.15) is 26.3 Å². The van der Waals surface area contributed by atoms with E-state index in [9.17, 15) is 14.2 Å². The van der Waals surface area contributed by atoms with Crippen LogP contribution in [0.3, 0.4) is 0 Å². The van der Waals surface area contributed by atoms with Crippen molar-refractivity contribution in [1.82, 2.24) is 0 Å². The summed E-state index contributed by atoms with van der Waals surface area (Å²) < 4.78 is 13.1. The molecule has 1 unspecified atom stereocenters. The second-order valence-electron chi connectivity index (χ2n) is 5.79. The first-order valence-electron chi connectivity index (χ1n) is 7.96. The normalized spacial score (nSPS) is 11.3. The average molecular weight is 506 g/mol. The van der Waals surface area contributed by atoms with Crippen LogP contribution in [0, 0.1) is 0 Å². The molecule has 0 aliphatic heterocycles. The number of benzene rings is 3. The Morgan fingerprint density at radius 1 is 0.690 bits per heavy atom. The minimum Gasteiger partial charge on any atom is -0.288 e. The minimum absolute atomic E-state index is 0.00296. The molecule has 9 heteroatoms. The lowest BCUT2D eigenvalue weighted by atomic mass is 10.0. The molecule has 0 aliphatic carbocycles. The Morgan fingerprint density at radius 3 is 1.83 bits per heavy atom. The van der Waals surface area contributed by atoms with Crippen LogP contribution in [0.25, 0.3) is 0 Å². The van der Waals surface area contributed by atoms with Crippen LogP contribution in [-0.2, 0) is 4.57 Å². The average Bonchev–Trinajstić information content (AvgIpc) is 2.66. The third kappa shape index (κ3) is 4.51. The van der Waals surface area contributed by atoms with E-state index in [1.807, 2.05) is 0 Å². The van der Waals surface area contributed by atoms with Gasteiger partial charge >= 0.3 is 13.3 Å². The summed E-state index contributed by atoms with van der Waals surface area (Å²) in [5.41, 5.74) is -0.834. The summed E-state index contributed by atoms with van der Waals surface area (Å²) in [6, 6.07) is 13.2. The number of carbonyl (C=O) groups is 2. The molecule has 3 rings (SSSR count). The van der Waals surface area contributed by atoms with E-state index in [1.165, 1.54) is 36.4 Å². The highest BCUT2D eigenvalue weighted by Gasteiger charge is 2.39. The summed E-state index contributed by atoms with van der Waals surface area (Å²) in [4.78, 5) is 26.0. The second kappa shape index (κ2) is 9.14. The summed E-state index contributed by atoms with van der Waals surface area (Å²) in [5, 5.41) is 0.503. The number of halogens is 5. The van der Waals surface area contributed by atoms with Crippen molar-refractivity contribution in [2.75, 3.05) is 0 Å². The molecule has 3 nitrogen and oxygen atoms in total. The molecule has 3 aromatic rings. The monoisotopic (exact) mass is 503 g/mol. The maximum absolute atomic E-state index is 13.1. The molecule has 1 atom stereocenters. The quantitative estimate of drug-likeness (QED) is 0.267. The molecule has 0 radical (unpaired) electrons. The first kappa shape index (κ1) is 22.2. The van der Waals surface area contributed by atoms with Gasteiger partial charge in [0.2, 0.25) is 11.1 Å². The van der Waals surface area contributed by atoms with Crippen LogP contribution >= 0.6 is 65.8 Å². The summed E-state index contributed by atoms with van der Waals surface area (Å²) in [6.07, 6.45) is 0. The van der Waals surface area contributed by atoms with Crippen molar-refractivity contribution in [3.8, 4) is 0 Å². The molecule has 0 saturated carbocycles. The highest BCUT2D eigenvalue weighted by Crippen LogP contribution is 2.36. The van der Waals surface area contributed by atoms with Crippen molar-refractivity contribution in [3.05, 3.63) is 96.4 Å². The van der Waals surface area contributed by atoms with Gasteiger partial charge in [0.05, 0.1) is 31.2 Å². The molecule has 146 valence electrons. The van der Waals surface area contributed by atoms with E-state index in [2.05, 4.69) is 0 Å². The highest BCUT2D eigenvalue weighted by molar-refractivity contribution is 7.71. The maximum Gasteiger partial charge on any atom is 0.459 e. The van der Waals surface area contributed by atoms with Gasteiger partial charge in [-0.2, -0.15) is 0 Å². The fraction of sp³-hybridized carbons (Fsp3) is 0. The molecule has 0 bridgehead atoms. The molecule has 0 N–H and O–H groups in total. The largest absolute Gasteiger partial charge is 0.459 e. The van der Waals surface area contributed by atoms with Crippen LogP contribution in [0.15, 0.2) is 54.6 Å². The van der Waals surface area contributed by atoms with Crippen molar-refractivity contribution in [3.63, 3.8) is 0 Å². The fourth-order valence-electron chi connectivity index (χ4n) is 2.65. The number of carbonyl (C=O) groups excluding carboxylic acids is 2. The molecule has 29 heavy (non-hydrogen) atoms. The second-order valence-corrected chi connectivity index (χ2v) is 9.33. The van der Waals surface area contributed by atoms with Gasteiger partial charge in [-0.05, 0) is 36.4 Å². The molecular weight excluding hydrogens is 496 g/mol. The SMILES string of the molecule is O=C(c1ccccc1[P+](=O)C(=O)c1c(Cl)cccc1Cl)c1c(Cl)cc(Cl)cc1Cl. The van der Waals surface area contributed by atoms with Crippen LogP contribution in [-0.4, -0.2) is 11.3 Å². The lowest BCUT2D eigenvalue weighted by molar-refractivity contribution is 0.103. The number of rotatable bonds is 5. The Hall–Kier alpha value is -1.45. The van der Waals surface area contributed by atoms with Crippen LogP contribution < -0.4 is 5.30 Å². The Morgan fingerprint density at radius 2 is 1.24 bits per heavy atom. The van der Waals surface area contributed by atoms with E-state index in [0.717, 1.165) is 0 Å². The molecule has 0 aliphatic rings. The number of ketones is 1. The molecular formula is C20H9Cl5O3P+. The van der Waals surface area contributed by atoms with Crippen molar-refractivity contribution in [2.45, 2.75) is 0 Å². The topological polar surface area (TPSA) is 51.2 Å². The standard InChI is InChI=1S/C20H9Cl5O3P/c21-10-8-14(24)17(15(25)9-10)19(26)11-4-1-2-7-16(11)29(28)20(27)18-12(22)5-3-6-13(18)23/h1-9H/q+1. The minimum atomic E-state index is -2.71. The molecule has 0 fully saturated rings. The molecule has 0 aromatic heterocycles. The smallest absolute Gasteiger partial charge is 0.288 e. The van der Waals surface area contributed by atoms with E-state index < -0.39 is 19.1 Å². The van der Waals surface area contributed by atoms with Crippen LogP contribution in [0.2, 0.25) is 25.1 Å². The maximum atomic E-state index is 13.1. The van der Waals surface area contributed by atoms with Gasteiger partial charge in [-0.3, -0.25) is 4.79 Å². The van der Waals surface area contributed by atoms with Gasteiger partial charge in [-0.1, -0.05) is 80.8 Å². The zero-order valence-corrected chi connectivity index (χ0v) is 18.9. The van der Waals surface area contributed by atoms with E-state index in [0.29, 0.717) is 0 Å². The summed E-state index contributed by atoms with van der Waals surface area (Å²) in [5.74, 6) is -0.589. The number of hydrogen-bond acceptors (Lipinski definition) is 3. The van der Waals surface area contributed by atoms with Crippen molar-refractivity contribution < 1.29 is 14.2 Å².